The van der Waals surface area contributed by atoms with Crippen LogP contribution in [0.15, 0.2) is 0 Å². The number of alkyl halides is 1. The van der Waals surface area contributed by atoms with Gasteiger partial charge < -0.3 is 5.73 Å². The molecule has 0 bridgehead atoms. The first-order chi connectivity index (χ1) is 2.41. The van der Waals surface area contributed by atoms with Crippen LogP contribution in [0, 0.1) is 0 Å². The summed E-state index contributed by atoms with van der Waals surface area (Å²) in [7, 11) is 0. The molecule has 0 amide bonds. The maximum Gasteiger partial charge on any atom is 0.00433 e. The molecule has 0 aromatic heterocycles. The molecule has 0 atom stereocenters. The second-order valence-corrected chi connectivity index (χ2v) is 1.62. The molecule has 0 spiro atoms. The van der Waals surface area contributed by atoms with Crippen LogP contribution < -0.4 is 5.73 Å². The van der Waals surface area contributed by atoms with Gasteiger partial charge in [-0.05, 0) is 13.0 Å². The lowest BCUT2D eigenvalue weighted by atomic mass is 10.5. The topological polar surface area (TPSA) is 26.0 Å². The van der Waals surface area contributed by atoms with Crippen molar-refractivity contribution in [2.75, 3.05) is 11.9 Å². The van der Waals surface area contributed by atoms with E-state index in [1.54, 1.807) is 0 Å². The van der Waals surface area contributed by atoms with Crippen molar-refractivity contribution in [1.82, 2.24) is 0 Å². The van der Waals surface area contributed by atoms with Gasteiger partial charge in [-0.15, -0.1) is 24.0 Å². The van der Waals surface area contributed by atoms with Gasteiger partial charge in [-0.2, -0.15) is 0 Å². The van der Waals surface area contributed by atoms with E-state index in [-0.39, 0.29) is 24.0 Å². The Labute approximate surface area is 63.8 Å². The fraction of sp³-hybridized carbons (Fsp3) is 1.00. The number of hydrogen-bond donors (Lipinski definition) is 1. The molecule has 0 aliphatic carbocycles. The third kappa shape index (κ3) is 8.95. The molecule has 0 unspecified atom stereocenters. The first-order valence-electron chi connectivity index (χ1n) is 1.68. The van der Waals surface area contributed by atoms with Crippen molar-refractivity contribution in [2.45, 2.75) is 6.42 Å². The van der Waals surface area contributed by atoms with Gasteiger partial charge in [-0.1, -0.05) is 15.9 Å². The molecule has 0 radical (unpaired) electrons. The second-order valence-electron chi connectivity index (χ2n) is 0.831. The fourth-order valence-electron chi connectivity index (χ4n) is 0.0772. The summed E-state index contributed by atoms with van der Waals surface area (Å²) >= 11 is 3.23. The van der Waals surface area contributed by atoms with Crippen molar-refractivity contribution in [2.24, 2.45) is 5.73 Å². The summed E-state index contributed by atoms with van der Waals surface area (Å²) in [4.78, 5) is 0. The third-order valence-electron chi connectivity index (χ3n) is 0.338. The average molecular weight is 266 g/mol. The molecule has 0 aromatic carbocycles. The van der Waals surface area contributed by atoms with Gasteiger partial charge in [-0.25, -0.2) is 0 Å². The van der Waals surface area contributed by atoms with Crippen molar-refractivity contribution in [3.63, 3.8) is 0 Å². The standard InChI is InChI=1S/C3H8BrN.HI/c4-2-1-3-5;/h1-3,5H2;1H. The van der Waals surface area contributed by atoms with Crippen LogP contribution in [-0.2, 0) is 0 Å². The van der Waals surface area contributed by atoms with Gasteiger partial charge in [0, 0.05) is 5.33 Å². The summed E-state index contributed by atoms with van der Waals surface area (Å²) < 4.78 is 0. The smallest absolute Gasteiger partial charge is 0.00433 e. The van der Waals surface area contributed by atoms with Gasteiger partial charge >= 0.3 is 0 Å². The number of rotatable bonds is 2. The average Bonchev–Trinajstić information content (AvgIpc) is 1.41. The van der Waals surface area contributed by atoms with Crippen LogP contribution in [0.5, 0.6) is 0 Å². The highest BCUT2D eigenvalue weighted by molar-refractivity contribution is 14.0. The summed E-state index contributed by atoms with van der Waals surface area (Å²) in [5.74, 6) is 0. The molecular formula is C3H9BrIN. The second kappa shape index (κ2) is 9.48. The van der Waals surface area contributed by atoms with Gasteiger partial charge in [0.15, 0.2) is 0 Å². The Morgan fingerprint density at radius 1 is 1.50 bits per heavy atom. The normalized spacial score (nSPS) is 7.00. The Morgan fingerprint density at radius 2 is 2.00 bits per heavy atom. The van der Waals surface area contributed by atoms with E-state index in [0.717, 1.165) is 18.3 Å². The molecule has 2 N–H and O–H groups in total. The van der Waals surface area contributed by atoms with Crippen molar-refractivity contribution in [3.8, 4) is 0 Å². The molecule has 1 nitrogen and oxygen atoms in total. The van der Waals surface area contributed by atoms with Crippen molar-refractivity contribution < 1.29 is 0 Å². The van der Waals surface area contributed by atoms with Crippen LogP contribution >= 0.6 is 39.9 Å². The van der Waals surface area contributed by atoms with Crippen molar-refractivity contribution in [1.29, 1.82) is 0 Å². The molecule has 6 heavy (non-hydrogen) atoms. The lowest BCUT2D eigenvalue weighted by Gasteiger charge is -1.78. The first-order valence-corrected chi connectivity index (χ1v) is 2.80. The lowest BCUT2D eigenvalue weighted by Crippen LogP contribution is -1.97. The van der Waals surface area contributed by atoms with Crippen molar-refractivity contribution >= 4 is 39.9 Å². The highest BCUT2D eigenvalue weighted by Crippen LogP contribution is 1.80. The van der Waals surface area contributed by atoms with E-state index in [4.69, 9.17) is 5.73 Å². The summed E-state index contributed by atoms with van der Waals surface area (Å²) in [6.45, 7) is 0.797. The molecule has 0 aliphatic rings. The van der Waals surface area contributed by atoms with Gasteiger partial charge in [0.1, 0.15) is 0 Å². The van der Waals surface area contributed by atoms with Crippen LogP contribution in [0.2, 0.25) is 0 Å². The Hall–Kier alpha value is 1.17. The van der Waals surface area contributed by atoms with Crippen molar-refractivity contribution in [3.05, 3.63) is 0 Å². The maximum absolute atomic E-state index is 5.11. The van der Waals surface area contributed by atoms with Crippen LogP contribution in [0.3, 0.4) is 0 Å². The minimum absolute atomic E-state index is 0. The molecule has 0 saturated heterocycles. The van der Waals surface area contributed by atoms with Gasteiger partial charge in [0.2, 0.25) is 0 Å². The van der Waals surface area contributed by atoms with E-state index in [9.17, 15) is 0 Å². The highest BCUT2D eigenvalue weighted by Gasteiger charge is 1.69. The zero-order valence-corrected chi connectivity index (χ0v) is 7.40. The monoisotopic (exact) mass is 265 g/mol. The predicted molar refractivity (Wildman–Crippen MR) is 42.9 cm³/mol. The number of hydrogen-bond acceptors (Lipinski definition) is 1. The van der Waals surface area contributed by atoms with E-state index < -0.39 is 0 Å². The fourth-order valence-corrected chi connectivity index (χ4v) is 0.401. The summed E-state index contributed by atoms with van der Waals surface area (Å²) in [5.41, 5.74) is 5.11. The molecule has 0 saturated carbocycles. The molecular weight excluding hydrogens is 257 g/mol. The van der Waals surface area contributed by atoms with E-state index in [2.05, 4.69) is 15.9 Å². The third-order valence-corrected chi connectivity index (χ3v) is 0.898. The number of nitrogens with two attached hydrogens (primary N) is 1. The van der Waals surface area contributed by atoms with Crippen LogP contribution in [0.1, 0.15) is 6.42 Å². The molecule has 0 aromatic rings. The van der Waals surface area contributed by atoms with Gasteiger partial charge in [-0.3, -0.25) is 0 Å². The quantitative estimate of drug-likeness (QED) is 0.592. The van der Waals surface area contributed by atoms with Crippen LogP contribution in [0.4, 0.5) is 0 Å². The first kappa shape index (κ1) is 10.2. The Bertz CT molecular complexity index is 18.3. The molecule has 3 heteroatoms. The minimum Gasteiger partial charge on any atom is -0.330 e. The molecule has 0 fully saturated rings. The Kier molecular flexibility index (Phi) is 16.1. The van der Waals surface area contributed by atoms with E-state index in [1.807, 2.05) is 0 Å². The SMILES string of the molecule is I.NCCCBr. The van der Waals surface area contributed by atoms with Gasteiger partial charge in [0.25, 0.3) is 0 Å². The molecule has 0 aliphatic heterocycles. The van der Waals surface area contributed by atoms with Crippen LogP contribution in [-0.4, -0.2) is 11.9 Å². The van der Waals surface area contributed by atoms with E-state index >= 15 is 0 Å². The van der Waals surface area contributed by atoms with Gasteiger partial charge in [0.05, 0.1) is 0 Å². The molecule has 0 heterocycles. The maximum atomic E-state index is 5.11. The number of halogens is 2. The zero-order valence-electron chi connectivity index (χ0n) is 3.48. The summed E-state index contributed by atoms with van der Waals surface area (Å²) in [6.07, 6.45) is 1.08. The zero-order chi connectivity index (χ0) is 4.12. The minimum atomic E-state index is 0. The highest BCUT2D eigenvalue weighted by atomic mass is 127. The van der Waals surface area contributed by atoms with Crippen LogP contribution in [0.25, 0.3) is 0 Å². The lowest BCUT2D eigenvalue weighted by molar-refractivity contribution is 0.949. The summed E-state index contributed by atoms with van der Waals surface area (Å²) in [5, 5.41) is 1.03. The molecule has 40 valence electrons. The molecule has 0 rings (SSSR count). The Balaban J connectivity index is 0. The largest absolute Gasteiger partial charge is 0.330 e. The Morgan fingerprint density at radius 3 is 2.00 bits per heavy atom. The van der Waals surface area contributed by atoms with E-state index in [1.165, 1.54) is 0 Å². The summed E-state index contributed by atoms with van der Waals surface area (Å²) in [6, 6.07) is 0. The predicted octanol–water partition coefficient (Wildman–Crippen LogP) is 1.35. The van der Waals surface area contributed by atoms with E-state index in [0.29, 0.717) is 0 Å².